The molecule has 0 spiro atoms. The summed E-state index contributed by atoms with van der Waals surface area (Å²) in [5, 5.41) is 12.4. The summed E-state index contributed by atoms with van der Waals surface area (Å²) in [5.41, 5.74) is 2.56. The van der Waals surface area contributed by atoms with E-state index in [2.05, 4.69) is 5.32 Å². The Labute approximate surface area is 140 Å². The van der Waals surface area contributed by atoms with E-state index < -0.39 is 5.97 Å². The van der Waals surface area contributed by atoms with Gasteiger partial charge in [0.25, 0.3) is 5.91 Å². The Bertz CT molecular complexity index is 818. The Hall–Kier alpha value is -2.76. The molecule has 0 bridgehead atoms. The molecule has 0 fully saturated rings. The van der Waals surface area contributed by atoms with Gasteiger partial charge in [-0.3, -0.25) is 4.79 Å². The zero-order chi connectivity index (χ0) is 17.9. The maximum atomic E-state index is 12.6. The zero-order valence-electron chi connectivity index (χ0n) is 14.3. The highest BCUT2D eigenvalue weighted by atomic mass is 16.5. The van der Waals surface area contributed by atoms with Crippen LogP contribution in [0, 0.1) is 6.92 Å². The maximum Gasteiger partial charge on any atom is 0.331 e. The lowest BCUT2D eigenvalue weighted by molar-refractivity contribution is -0.132. The summed E-state index contributed by atoms with van der Waals surface area (Å²) in [6.45, 7) is 6.00. The number of amides is 1. The minimum Gasteiger partial charge on any atom is -0.494 e. The molecule has 6 nitrogen and oxygen atoms in total. The van der Waals surface area contributed by atoms with Gasteiger partial charge in [0.2, 0.25) is 0 Å². The molecule has 6 heteroatoms. The van der Waals surface area contributed by atoms with Crippen molar-refractivity contribution in [3.63, 3.8) is 0 Å². The van der Waals surface area contributed by atoms with Crippen molar-refractivity contribution >= 4 is 22.8 Å². The van der Waals surface area contributed by atoms with Gasteiger partial charge in [-0.15, -0.1) is 0 Å². The molecule has 128 valence electrons. The van der Waals surface area contributed by atoms with Crippen molar-refractivity contribution < 1.29 is 19.4 Å². The number of aromatic nitrogens is 1. The number of aryl methyl sites for hydroxylation is 1. The van der Waals surface area contributed by atoms with Crippen molar-refractivity contribution in [1.82, 2.24) is 9.88 Å². The number of carbonyl (C=O) groups excluding carboxylic acids is 1. The lowest BCUT2D eigenvalue weighted by Gasteiger charge is -2.05. The van der Waals surface area contributed by atoms with E-state index in [1.165, 1.54) is 13.0 Å². The number of carboxylic acids is 1. The SMILES string of the molecule is CCOc1ccc2c(c1)c(C(=O)NCC=C(C)C(=O)O)c(C)n2C. The number of carbonyl (C=O) groups is 2. The van der Waals surface area contributed by atoms with Gasteiger partial charge in [-0.25, -0.2) is 4.79 Å². The highest BCUT2D eigenvalue weighted by molar-refractivity contribution is 6.08. The molecule has 1 heterocycles. The number of fused-ring (bicyclic) bond motifs is 1. The number of benzene rings is 1. The van der Waals surface area contributed by atoms with Crippen molar-refractivity contribution in [3.05, 3.63) is 41.1 Å². The fourth-order valence-corrected chi connectivity index (χ4v) is 2.57. The van der Waals surface area contributed by atoms with Gasteiger partial charge in [-0.2, -0.15) is 0 Å². The number of ether oxygens (including phenoxy) is 1. The molecule has 0 aliphatic rings. The van der Waals surface area contributed by atoms with Crippen molar-refractivity contribution in [3.8, 4) is 5.75 Å². The first-order valence-corrected chi connectivity index (χ1v) is 7.76. The van der Waals surface area contributed by atoms with E-state index in [9.17, 15) is 9.59 Å². The van der Waals surface area contributed by atoms with E-state index >= 15 is 0 Å². The highest BCUT2D eigenvalue weighted by Gasteiger charge is 2.18. The molecule has 0 saturated heterocycles. The predicted octanol–water partition coefficient (Wildman–Crippen LogP) is 2.65. The van der Waals surface area contributed by atoms with Crippen molar-refractivity contribution in [2.75, 3.05) is 13.2 Å². The van der Waals surface area contributed by atoms with Crippen LogP contribution >= 0.6 is 0 Å². The first-order valence-electron chi connectivity index (χ1n) is 7.76. The van der Waals surface area contributed by atoms with Crippen LogP contribution in [0.2, 0.25) is 0 Å². The highest BCUT2D eigenvalue weighted by Crippen LogP contribution is 2.28. The largest absolute Gasteiger partial charge is 0.494 e. The van der Waals surface area contributed by atoms with E-state index in [4.69, 9.17) is 9.84 Å². The van der Waals surface area contributed by atoms with E-state index in [0.717, 1.165) is 16.6 Å². The fraction of sp³-hybridized carbons (Fsp3) is 0.333. The van der Waals surface area contributed by atoms with Gasteiger partial charge in [-0.05, 0) is 39.0 Å². The molecule has 0 aliphatic heterocycles. The standard InChI is InChI=1S/C18H22N2O4/c1-5-24-13-6-7-15-14(10-13)16(12(3)20(15)4)17(21)19-9-8-11(2)18(22)23/h6-8,10H,5,9H2,1-4H3,(H,19,21)(H,22,23). The summed E-state index contributed by atoms with van der Waals surface area (Å²) < 4.78 is 7.48. The molecule has 0 aliphatic carbocycles. The summed E-state index contributed by atoms with van der Waals surface area (Å²) in [5.74, 6) is -0.514. The lowest BCUT2D eigenvalue weighted by Crippen LogP contribution is -2.24. The molecular weight excluding hydrogens is 308 g/mol. The van der Waals surface area contributed by atoms with Crippen LogP contribution in [0.3, 0.4) is 0 Å². The summed E-state index contributed by atoms with van der Waals surface area (Å²) >= 11 is 0. The van der Waals surface area contributed by atoms with Crippen molar-refractivity contribution in [2.24, 2.45) is 7.05 Å². The average molecular weight is 330 g/mol. The second-order valence-corrected chi connectivity index (χ2v) is 5.53. The molecular formula is C18H22N2O4. The van der Waals surface area contributed by atoms with Crippen LogP contribution in [-0.2, 0) is 11.8 Å². The first-order chi connectivity index (χ1) is 11.4. The number of hydrogen-bond acceptors (Lipinski definition) is 3. The Morgan fingerprint density at radius 1 is 1.38 bits per heavy atom. The van der Waals surface area contributed by atoms with Crippen LogP contribution < -0.4 is 10.1 Å². The quantitative estimate of drug-likeness (QED) is 0.798. The topological polar surface area (TPSA) is 80.6 Å². The molecule has 1 aromatic carbocycles. The second-order valence-electron chi connectivity index (χ2n) is 5.53. The van der Waals surface area contributed by atoms with Crippen LogP contribution in [0.4, 0.5) is 0 Å². The number of rotatable bonds is 6. The van der Waals surface area contributed by atoms with Crippen molar-refractivity contribution in [2.45, 2.75) is 20.8 Å². The Morgan fingerprint density at radius 2 is 2.08 bits per heavy atom. The van der Waals surface area contributed by atoms with Crippen LogP contribution in [0.15, 0.2) is 29.8 Å². The van der Waals surface area contributed by atoms with Crippen LogP contribution in [0.1, 0.15) is 29.9 Å². The minimum atomic E-state index is -0.994. The molecule has 0 saturated carbocycles. The second kappa shape index (κ2) is 7.21. The Balaban J connectivity index is 2.34. The molecule has 0 atom stereocenters. The molecule has 0 unspecified atom stereocenters. The van der Waals surface area contributed by atoms with Crippen LogP contribution in [0.5, 0.6) is 5.75 Å². The Morgan fingerprint density at radius 3 is 2.71 bits per heavy atom. The molecule has 0 radical (unpaired) electrons. The molecule has 24 heavy (non-hydrogen) atoms. The fourth-order valence-electron chi connectivity index (χ4n) is 2.57. The van der Waals surface area contributed by atoms with Crippen molar-refractivity contribution in [1.29, 1.82) is 0 Å². The molecule has 2 aromatic rings. The third-order valence-corrected chi connectivity index (χ3v) is 4.01. The maximum absolute atomic E-state index is 12.6. The number of aliphatic carboxylic acids is 1. The van der Waals surface area contributed by atoms with Crippen LogP contribution in [-0.4, -0.2) is 34.7 Å². The summed E-state index contributed by atoms with van der Waals surface area (Å²) in [7, 11) is 1.91. The van der Waals surface area contributed by atoms with Gasteiger partial charge < -0.3 is 19.7 Å². The van der Waals surface area contributed by atoms with E-state index in [-0.39, 0.29) is 18.0 Å². The smallest absolute Gasteiger partial charge is 0.331 e. The van der Waals surface area contributed by atoms with Gasteiger partial charge >= 0.3 is 5.97 Å². The molecule has 2 N–H and O–H groups in total. The van der Waals surface area contributed by atoms with Gasteiger partial charge in [0.15, 0.2) is 0 Å². The van der Waals surface area contributed by atoms with Gasteiger partial charge in [0.05, 0.1) is 12.2 Å². The molecule has 2 rings (SSSR count). The number of nitrogens with zero attached hydrogens (tertiary/aromatic N) is 1. The lowest BCUT2D eigenvalue weighted by atomic mass is 10.1. The van der Waals surface area contributed by atoms with E-state index in [0.29, 0.717) is 17.9 Å². The summed E-state index contributed by atoms with van der Waals surface area (Å²) in [6, 6.07) is 5.67. The summed E-state index contributed by atoms with van der Waals surface area (Å²) in [6.07, 6.45) is 1.48. The number of carboxylic acid groups (broad SMARTS) is 1. The number of nitrogens with one attached hydrogen (secondary N) is 1. The predicted molar refractivity (Wildman–Crippen MR) is 92.6 cm³/mol. The molecule has 1 aromatic heterocycles. The first kappa shape index (κ1) is 17.6. The average Bonchev–Trinajstić information content (AvgIpc) is 2.78. The molecule has 1 amide bonds. The van der Waals surface area contributed by atoms with Crippen LogP contribution in [0.25, 0.3) is 10.9 Å². The summed E-state index contributed by atoms with van der Waals surface area (Å²) in [4.78, 5) is 23.3. The van der Waals surface area contributed by atoms with Gasteiger partial charge in [0, 0.05) is 35.8 Å². The zero-order valence-corrected chi connectivity index (χ0v) is 14.3. The van der Waals surface area contributed by atoms with E-state index in [1.54, 1.807) is 0 Å². The van der Waals surface area contributed by atoms with Gasteiger partial charge in [-0.1, -0.05) is 6.08 Å². The third-order valence-electron chi connectivity index (χ3n) is 4.01. The monoisotopic (exact) mass is 330 g/mol. The van der Waals surface area contributed by atoms with E-state index in [1.807, 2.05) is 43.7 Å². The van der Waals surface area contributed by atoms with Gasteiger partial charge in [0.1, 0.15) is 5.75 Å². The normalized spacial score (nSPS) is 11.6. The minimum absolute atomic E-state index is 0.165. The Kier molecular flexibility index (Phi) is 5.28. The number of hydrogen-bond donors (Lipinski definition) is 2. The third kappa shape index (κ3) is 3.42.